The topological polar surface area (TPSA) is 79.7 Å². The normalized spacial score (nSPS) is 17.0. The number of hydrogen-bond acceptors (Lipinski definition) is 6. The lowest BCUT2D eigenvalue weighted by Gasteiger charge is -2.15. The van der Waals surface area contributed by atoms with Crippen LogP contribution in [0.1, 0.15) is 31.4 Å². The zero-order valence-corrected chi connectivity index (χ0v) is 17.6. The molecule has 158 valence electrons. The Morgan fingerprint density at radius 3 is 2.87 bits per heavy atom. The van der Waals surface area contributed by atoms with Crippen LogP contribution in [0.4, 0.5) is 11.6 Å². The Morgan fingerprint density at radius 1 is 1.13 bits per heavy atom. The Hall–Kier alpha value is -3.45. The highest BCUT2D eigenvalue weighted by Crippen LogP contribution is 2.23. The molecule has 5 rings (SSSR count). The van der Waals surface area contributed by atoms with E-state index < -0.39 is 0 Å². The van der Waals surface area contributed by atoms with Crippen molar-refractivity contribution >= 4 is 22.7 Å². The molecular weight excluding hydrogens is 386 g/mol. The minimum absolute atomic E-state index is 0.107. The number of anilines is 2. The molecular formula is C24H27N7. The number of nitrogens with one attached hydrogen (secondary N) is 3. The number of nitrogens with zero attached hydrogens (tertiary/aromatic N) is 4. The maximum Gasteiger partial charge on any atom is 0.225 e. The Bertz CT molecular complexity index is 1150. The Kier molecular flexibility index (Phi) is 5.50. The molecule has 2 aromatic carbocycles. The summed E-state index contributed by atoms with van der Waals surface area (Å²) >= 11 is 0. The van der Waals surface area contributed by atoms with Crippen molar-refractivity contribution < 1.29 is 0 Å². The lowest BCUT2D eigenvalue weighted by atomic mass is 10.1. The maximum atomic E-state index is 4.74. The monoisotopic (exact) mass is 413 g/mol. The smallest absolute Gasteiger partial charge is 0.225 e. The van der Waals surface area contributed by atoms with Crippen LogP contribution in [0.25, 0.3) is 16.9 Å². The summed E-state index contributed by atoms with van der Waals surface area (Å²) in [5, 5.41) is 10.5. The standard InChI is InChI=1S/C24H27N7/c1-17(18-6-3-2-4-7-18)29-24-26-13-11-23(30-24)31-16-28-21-10-9-19(14-22(21)31)27-15-20-8-5-12-25-20/h2-4,6-7,9-11,13-14,16-17,20,25,27H,5,8,12,15H2,1H3,(H,26,29,30). The molecule has 0 amide bonds. The lowest BCUT2D eigenvalue weighted by Crippen LogP contribution is -2.29. The van der Waals surface area contributed by atoms with Gasteiger partial charge in [-0.25, -0.2) is 9.97 Å². The molecule has 1 fully saturated rings. The molecule has 2 aromatic heterocycles. The predicted molar refractivity (Wildman–Crippen MR) is 125 cm³/mol. The van der Waals surface area contributed by atoms with Gasteiger partial charge in [-0.3, -0.25) is 4.57 Å². The number of benzene rings is 2. The van der Waals surface area contributed by atoms with Crippen molar-refractivity contribution in [1.82, 2.24) is 24.8 Å². The molecule has 3 heterocycles. The minimum atomic E-state index is 0.107. The van der Waals surface area contributed by atoms with Crippen LogP contribution in [-0.2, 0) is 0 Å². The molecule has 0 spiro atoms. The van der Waals surface area contributed by atoms with Gasteiger partial charge in [0.1, 0.15) is 12.1 Å². The summed E-state index contributed by atoms with van der Waals surface area (Å²) in [6.45, 7) is 4.15. The van der Waals surface area contributed by atoms with Gasteiger partial charge in [0.2, 0.25) is 5.95 Å². The molecule has 1 saturated heterocycles. The molecule has 1 aliphatic rings. The van der Waals surface area contributed by atoms with Gasteiger partial charge in [0, 0.05) is 24.5 Å². The van der Waals surface area contributed by atoms with E-state index in [0.717, 1.165) is 35.6 Å². The minimum Gasteiger partial charge on any atom is -0.383 e. The maximum absolute atomic E-state index is 4.74. The third-order valence-corrected chi connectivity index (χ3v) is 5.80. The van der Waals surface area contributed by atoms with Crippen LogP contribution >= 0.6 is 0 Å². The fourth-order valence-electron chi connectivity index (χ4n) is 4.04. The molecule has 2 atom stereocenters. The molecule has 0 aliphatic carbocycles. The quantitative estimate of drug-likeness (QED) is 0.422. The van der Waals surface area contributed by atoms with E-state index in [4.69, 9.17) is 4.98 Å². The second kappa shape index (κ2) is 8.73. The molecule has 0 radical (unpaired) electrons. The van der Waals surface area contributed by atoms with Gasteiger partial charge in [-0.1, -0.05) is 30.3 Å². The lowest BCUT2D eigenvalue weighted by molar-refractivity contribution is 0.633. The fourth-order valence-corrected chi connectivity index (χ4v) is 4.04. The molecule has 7 heteroatoms. The molecule has 1 aliphatic heterocycles. The summed E-state index contributed by atoms with van der Waals surface area (Å²) in [5.74, 6) is 1.38. The Labute approximate surface area is 182 Å². The highest BCUT2D eigenvalue weighted by molar-refractivity contribution is 5.81. The van der Waals surface area contributed by atoms with Crippen LogP contribution in [0.5, 0.6) is 0 Å². The number of hydrogen-bond donors (Lipinski definition) is 3. The summed E-state index contributed by atoms with van der Waals surface area (Å²) in [7, 11) is 0. The second-order valence-electron chi connectivity index (χ2n) is 8.01. The molecule has 0 bridgehead atoms. The van der Waals surface area contributed by atoms with E-state index in [-0.39, 0.29) is 6.04 Å². The van der Waals surface area contributed by atoms with Crippen molar-refractivity contribution in [2.45, 2.75) is 31.8 Å². The van der Waals surface area contributed by atoms with E-state index in [0.29, 0.717) is 12.0 Å². The first kappa shape index (κ1) is 19.5. The summed E-state index contributed by atoms with van der Waals surface area (Å²) in [6, 6.07) is 19.1. The van der Waals surface area contributed by atoms with Gasteiger partial charge in [-0.2, -0.15) is 4.98 Å². The van der Waals surface area contributed by atoms with Crippen molar-refractivity contribution in [2.24, 2.45) is 0 Å². The van der Waals surface area contributed by atoms with Crippen molar-refractivity contribution in [3.63, 3.8) is 0 Å². The zero-order valence-electron chi connectivity index (χ0n) is 17.6. The van der Waals surface area contributed by atoms with Gasteiger partial charge in [0.25, 0.3) is 0 Å². The molecule has 2 unspecified atom stereocenters. The first-order chi connectivity index (χ1) is 15.3. The number of fused-ring (bicyclic) bond motifs is 1. The Morgan fingerprint density at radius 2 is 2.03 bits per heavy atom. The first-order valence-corrected chi connectivity index (χ1v) is 10.9. The largest absolute Gasteiger partial charge is 0.383 e. The van der Waals surface area contributed by atoms with Crippen LogP contribution in [-0.4, -0.2) is 38.7 Å². The fraction of sp³-hybridized carbons (Fsp3) is 0.292. The van der Waals surface area contributed by atoms with Gasteiger partial charge in [0.15, 0.2) is 0 Å². The number of aromatic nitrogens is 4. The van der Waals surface area contributed by atoms with Crippen molar-refractivity contribution in [1.29, 1.82) is 0 Å². The summed E-state index contributed by atoms with van der Waals surface area (Å²) in [6.07, 6.45) is 6.08. The molecule has 4 aromatic rings. The SMILES string of the molecule is CC(Nc1nccc(-n2cnc3ccc(NCC4CCCN4)cc32)n1)c1ccccc1. The van der Waals surface area contributed by atoms with Gasteiger partial charge < -0.3 is 16.0 Å². The summed E-state index contributed by atoms with van der Waals surface area (Å²) < 4.78 is 2.01. The number of rotatable bonds is 7. The van der Waals surface area contributed by atoms with E-state index in [1.165, 1.54) is 18.4 Å². The van der Waals surface area contributed by atoms with Crippen molar-refractivity contribution in [3.8, 4) is 5.82 Å². The molecule has 0 saturated carbocycles. The highest BCUT2D eigenvalue weighted by atomic mass is 15.2. The molecule has 3 N–H and O–H groups in total. The van der Waals surface area contributed by atoms with Crippen LogP contribution in [0.2, 0.25) is 0 Å². The van der Waals surface area contributed by atoms with Gasteiger partial charge in [-0.05, 0) is 56.1 Å². The van der Waals surface area contributed by atoms with Crippen molar-refractivity contribution in [3.05, 3.63) is 72.7 Å². The van der Waals surface area contributed by atoms with Gasteiger partial charge in [-0.15, -0.1) is 0 Å². The predicted octanol–water partition coefficient (Wildman–Crippen LogP) is 4.15. The third kappa shape index (κ3) is 4.36. The average Bonchev–Trinajstić information content (AvgIpc) is 3.48. The second-order valence-corrected chi connectivity index (χ2v) is 8.01. The van der Waals surface area contributed by atoms with Crippen molar-refractivity contribution in [2.75, 3.05) is 23.7 Å². The van der Waals surface area contributed by atoms with Crippen LogP contribution < -0.4 is 16.0 Å². The van der Waals surface area contributed by atoms with E-state index in [9.17, 15) is 0 Å². The van der Waals surface area contributed by atoms with E-state index >= 15 is 0 Å². The number of imidazole rings is 1. The van der Waals surface area contributed by atoms with Gasteiger partial charge >= 0.3 is 0 Å². The van der Waals surface area contributed by atoms with E-state index in [1.807, 2.05) is 41.2 Å². The van der Waals surface area contributed by atoms with Crippen LogP contribution in [0, 0.1) is 0 Å². The molecule has 7 nitrogen and oxygen atoms in total. The van der Waals surface area contributed by atoms with E-state index in [2.05, 4.69) is 57.1 Å². The Balaban J connectivity index is 1.37. The summed E-state index contributed by atoms with van der Waals surface area (Å²) in [4.78, 5) is 13.7. The zero-order chi connectivity index (χ0) is 21.0. The molecule has 31 heavy (non-hydrogen) atoms. The van der Waals surface area contributed by atoms with E-state index in [1.54, 1.807) is 6.20 Å². The van der Waals surface area contributed by atoms with Gasteiger partial charge in [0.05, 0.1) is 17.1 Å². The average molecular weight is 414 g/mol. The summed E-state index contributed by atoms with van der Waals surface area (Å²) in [5.41, 5.74) is 4.24. The van der Waals surface area contributed by atoms with Crippen LogP contribution in [0.15, 0.2) is 67.1 Å². The third-order valence-electron chi connectivity index (χ3n) is 5.80. The highest BCUT2D eigenvalue weighted by Gasteiger charge is 2.14. The first-order valence-electron chi connectivity index (χ1n) is 10.9. The van der Waals surface area contributed by atoms with Crippen LogP contribution in [0.3, 0.4) is 0 Å².